The zero-order valence-corrected chi connectivity index (χ0v) is 14.2. The van der Waals surface area contributed by atoms with E-state index in [-0.39, 0.29) is 11.9 Å². The molecule has 8 heteroatoms. The molecule has 0 bridgehead atoms. The van der Waals surface area contributed by atoms with Crippen LogP contribution in [0.5, 0.6) is 0 Å². The number of nitrogens with zero attached hydrogens (tertiary/aromatic N) is 1. The third kappa shape index (κ3) is 3.24. The van der Waals surface area contributed by atoms with Crippen LogP contribution in [0.15, 0.2) is 18.2 Å². The van der Waals surface area contributed by atoms with Gasteiger partial charge in [-0.15, -0.1) is 0 Å². The number of anilines is 1. The van der Waals surface area contributed by atoms with Crippen LogP contribution in [0.4, 0.5) is 5.69 Å². The van der Waals surface area contributed by atoms with Crippen molar-refractivity contribution in [2.75, 3.05) is 17.1 Å². The molecule has 1 aromatic rings. The van der Waals surface area contributed by atoms with Gasteiger partial charge in [-0.3, -0.25) is 13.9 Å². The van der Waals surface area contributed by atoms with Crippen molar-refractivity contribution in [3.8, 4) is 0 Å². The number of sulfonamides is 1. The van der Waals surface area contributed by atoms with Crippen LogP contribution in [0.3, 0.4) is 0 Å². The van der Waals surface area contributed by atoms with Gasteiger partial charge in [-0.1, -0.05) is 0 Å². The Bertz CT molecular complexity index is 790. The quantitative estimate of drug-likeness (QED) is 0.841. The summed E-state index contributed by atoms with van der Waals surface area (Å²) in [4.78, 5) is 23.3. The van der Waals surface area contributed by atoms with Gasteiger partial charge in [0, 0.05) is 18.2 Å². The lowest BCUT2D eigenvalue weighted by Crippen LogP contribution is -2.33. The number of carboxylic acid groups (broad SMARTS) is 1. The van der Waals surface area contributed by atoms with E-state index in [1.54, 1.807) is 18.2 Å². The number of carbonyl (C=O) groups is 2. The molecule has 0 aromatic heterocycles. The molecule has 0 saturated heterocycles. The topological polar surface area (TPSA) is 104 Å². The highest BCUT2D eigenvalue weighted by Crippen LogP contribution is 2.31. The summed E-state index contributed by atoms with van der Waals surface area (Å²) < 4.78 is 24.8. The van der Waals surface area contributed by atoms with E-state index in [0.717, 1.165) is 5.56 Å². The van der Waals surface area contributed by atoms with Crippen LogP contribution in [0.25, 0.3) is 0 Å². The maximum atomic E-state index is 12.4. The zero-order valence-electron chi connectivity index (χ0n) is 13.4. The monoisotopic (exact) mass is 352 g/mol. The Balaban J connectivity index is 1.71. The van der Waals surface area contributed by atoms with Gasteiger partial charge in [0.25, 0.3) is 5.91 Å². The summed E-state index contributed by atoms with van der Waals surface area (Å²) in [6.45, 7) is 0.391. The Labute approximate surface area is 140 Å². The fraction of sp³-hybridized carbons (Fsp3) is 0.500. The maximum Gasteiger partial charge on any atom is 0.306 e. The summed E-state index contributed by atoms with van der Waals surface area (Å²) in [5.41, 5.74) is 1.94. The third-order valence-electron chi connectivity index (χ3n) is 4.71. The first-order chi connectivity index (χ1) is 11.3. The molecule has 24 heavy (non-hydrogen) atoms. The molecule has 1 heterocycles. The van der Waals surface area contributed by atoms with Gasteiger partial charge in [0.2, 0.25) is 10.0 Å². The van der Waals surface area contributed by atoms with Crippen LogP contribution in [-0.2, 0) is 21.2 Å². The fourth-order valence-corrected chi connectivity index (χ4v) is 4.42. The summed E-state index contributed by atoms with van der Waals surface area (Å²) in [5, 5.41) is 11.9. The molecule has 1 fully saturated rings. The number of carbonyl (C=O) groups excluding carboxylic acids is 1. The number of rotatable bonds is 4. The molecule has 1 aromatic carbocycles. The maximum absolute atomic E-state index is 12.4. The number of hydrogen-bond acceptors (Lipinski definition) is 4. The highest BCUT2D eigenvalue weighted by atomic mass is 32.2. The first-order valence-corrected chi connectivity index (χ1v) is 9.75. The molecule has 3 rings (SSSR count). The van der Waals surface area contributed by atoms with Crippen LogP contribution in [0.2, 0.25) is 0 Å². The first-order valence-electron chi connectivity index (χ1n) is 7.90. The second-order valence-electron chi connectivity index (χ2n) is 6.45. The van der Waals surface area contributed by atoms with E-state index in [1.807, 2.05) is 0 Å². The fourth-order valence-electron chi connectivity index (χ4n) is 3.46. The largest absolute Gasteiger partial charge is 0.481 e. The van der Waals surface area contributed by atoms with Crippen molar-refractivity contribution in [2.24, 2.45) is 5.92 Å². The van der Waals surface area contributed by atoms with Gasteiger partial charge in [0.05, 0.1) is 17.9 Å². The van der Waals surface area contributed by atoms with E-state index in [1.165, 1.54) is 10.6 Å². The number of amides is 1. The number of aliphatic carboxylic acids is 1. The lowest BCUT2D eigenvalue weighted by atomic mass is 10.1. The van der Waals surface area contributed by atoms with E-state index in [0.29, 0.717) is 43.5 Å². The summed E-state index contributed by atoms with van der Waals surface area (Å²) in [6.07, 6.45) is 3.44. The number of nitrogens with one attached hydrogen (secondary N) is 1. The molecule has 1 saturated carbocycles. The van der Waals surface area contributed by atoms with Crippen molar-refractivity contribution in [1.82, 2.24) is 5.32 Å². The second-order valence-corrected chi connectivity index (χ2v) is 8.35. The Kier molecular flexibility index (Phi) is 4.25. The van der Waals surface area contributed by atoms with Gasteiger partial charge in [-0.2, -0.15) is 0 Å². The molecule has 1 amide bonds. The van der Waals surface area contributed by atoms with E-state index >= 15 is 0 Å². The van der Waals surface area contributed by atoms with Crippen LogP contribution >= 0.6 is 0 Å². The van der Waals surface area contributed by atoms with Crippen molar-refractivity contribution in [2.45, 2.75) is 31.7 Å². The summed E-state index contributed by atoms with van der Waals surface area (Å²) in [7, 11) is -3.30. The summed E-state index contributed by atoms with van der Waals surface area (Å²) in [6, 6.07) is 4.87. The molecular formula is C16H20N2O5S. The summed E-state index contributed by atoms with van der Waals surface area (Å²) in [5.74, 6) is -1.45. The Morgan fingerprint density at radius 2 is 2.04 bits per heavy atom. The minimum Gasteiger partial charge on any atom is -0.481 e. The minimum absolute atomic E-state index is 0.126. The Morgan fingerprint density at radius 1 is 1.29 bits per heavy atom. The molecule has 2 aliphatic rings. The SMILES string of the molecule is CS(=O)(=O)N1CCc2cc(C(=O)N[C@@H]3CC[C@H](C(=O)O)C3)ccc21. The third-order valence-corrected chi connectivity index (χ3v) is 5.89. The standard InChI is InChI=1S/C16H20N2O5S/c1-24(22,23)18-7-6-10-8-11(3-5-14(10)18)15(19)17-13-4-2-12(9-13)16(20)21/h3,5,8,12-13H,2,4,6-7,9H2,1H3,(H,17,19)(H,20,21)/t12-,13+/m0/s1. The smallest absolute Gasteiger partial charge is 0.306 e. The average molecular weight is 352 g/mol. The minimum atomic E-state index is -3.30. The van der Waals surface area contributed by atoms with Crippen molar-refractivity contribution in [3.63, 3.8) is 0 Å². The lowest BCUT2D eigenvalue weighted by molar-refractivity contribution is -0.141. The Hall–Kier alpha value is -2.09. The van der Waals surface area contributed by atoms with E-state index < -0.39 is 21.9 Å². The molecule has 0 spiro atoms. The molecule has 1 aliphatic heterocycles. The summed E-state index contributed by atoms with van der Waals surface area (Å²) >= 11 is 0. The van der Waals surface area contributed by atoms with Gasteiger partial charge >= 0.3 is 5.97 Å². The number of fused-ring (bicyclic) bond motifs is 1. The molecule has 0 unspecified atom stereocenters. The van der Waals surface area contributed by atoms with Gasteiger partial charge < -0.3 is 10.4 Å². The molecule has 1 aliphatic carbocycles. The molecule has 2 atom stereocenters. The van der Waals surface area contributed by atoms with E-state index in [4.69, 9.17) is 5.11 Å². The van der Waals surface area contributed by atoms with Crippen molar-refractivity contribution in [1.29, 1.82) is 0 Å². The number of carboxylic acids is 1. The first kappa shape index (κ1) is 16.8. The van der Waals surface area contributed by atoms with Crippen molar-refractivity contribution in [3.05, 3.63) is 29.3 Å². The van der Waals surface area contributed by atoms with Gasteiger partial charge in [-0.25, -0.2) is 8.42 Å². The van der Waals surface area contributed by atoms with Crippen molar-refractivity contribution >= 4 is 27.6 Å². The normalized spacial score (nSPS) is 23.1. The van der Waals surface area contributed by atoms with Crippen molar-refractivity contribution < 1.29 is 23.1 Å². The molecule has 130 valence electrons. The van der Waals surface area contributed by atoms with E-state index in [9.17, 15) is 18.0 Å². The van der Waals surface area contributed by atoms with Gasteiger partial charge in [0.1, 0.15) is 0 Å². The van der Waals surface area contributed by atoms with Crippen LogP contribution < -0.4 is 9.62 Å². The molecule has 2 N–H and O–H groups in total. The number of hydrogen-bond donors (Lipinski definition) is 2. The van der Waals surface area contributed by atoms with Crippen LogP contribution in [0.1, 0.15) is 35.2 Å². The predicted octanol–water partition coefficient (Wildman–Crippen LogP) is 0.992. The highest BCUT2D eigenvalue weighted by molar-refractivity contribution is 7.92. The highest BCUT2D eigenvalue weighted by Gasteiger charge is 2.31. The average Bonchev–Trinajstić information content (AvgIpc) is 3.11. The Morgan fingerprint density at radius 3 is 2.67 bits per heavy atom. The second kappa shape index (κ2) is 6.08. The van der Waals surface area contributed by atoms with Gasteiger partial charge in [-0.05, 0) is 49.4 Å². The van der Waals surface area contributed by atoms with Gasteiger partial charge in [0.15, 0.2) is 0 Å². The van der Waals surface area contributed by atoms with E-state index in [2.05, 4.69) is 5.32 Å². The lowest BCUT2D eigenvalue weighted by Gasteiger charge is -2.17. The van der Waals surface area contributed by atoms with Crippen LogP contribution in [-0.4, -0.2) is 44.2 Å². The zero-order chi connectivity index (χ0) is 17.5. The molecule has 0 radical (unpaired) electrons. The number of benzene rings is 1. The predicted molar refractivity (Wildman–Crippen MR) is 88.6 cm³/mol. The molecule has 7 nitrogen and oxygen atoms in total. The molecular weight excluding hydrogens is 332 g/mol. The van der Waals surface area contributed by atoms with Crippen LogP contribution in [0, 0.1) is 5.92 Å².